The van der Waals surface area contributed by atoms with E-state index in [2.05, 4.69) is 0 Å². The Labute approximate surface area is 140 Å². The Balaban J connectivity index is 2.21. The van der Waals surface area contributed by atoms with Crippen molar-refractivity contribution in [2.45, 2.75) is 5.92 Å². The summed E-state index contributed by atoms with van der Waals surface area (Å²) in [5.41, 5.74) is 3.14. The molecule has 0 fully saturated rings. The van der Waals surface area contributed by atoms with Gasteiger partial charge in [-0.25, -0.2) is 4.79 Å². The molecule has 0 aliphatic rings. The van der Waals surface area contributed by atoms with E-state index in [1.807, 2.05) is 66.7 Å². The molecule has 0 saturated heterocycles. The van der Waals surface area contributed by atoms with Crippen LogP contribution in [0.3, 0.4) is 0 Å². The molecule has 0 heterocycles. The van der Waals surface area contributed by atoms with Gasteiger partial charge in [-0.05, 0) is 34.9 Å². The molecule has 3 heteroatoms. The number of aromatic carboxylic acids is 1. The van der Waals surface area contributed by atoms with Crippen LogP contribution >= 0.6 is 11.6 Å². The third kappa shape index (κ3) is 3.27. The van der Waals surface area contributed by atoms with Crippen LogP contribution in [-0.2, 0) is 0 Å². The van der Waals surface area contributed by atoms with Crippen LogP contribution in [0.1, 0.15) is 33.0 Å². The number of halogens is 1. The lowest BCUT2D eigenvalue weighted by atomic mass is 9.83. The van der Waals surface area contributed by atoms with Crippen LogP contribution in [0.5, 0.6) is 0 Å². The standard InChI is InChI=1S/C20H15ClO2/c21-16-12-10-15(11-13-16)19(14-6-2-1-3-7-14)17-8-4-5-9-18(17)20(22)23/h1-13,19H,(H,22,23). The highest BCUT2D eigenvalue weighted by atomic mass is 35.5. The van der Waals surface area contributed by atoms with Gasteiger partial charge in [0.2, 0.25) is 0 Å². The molecule has 1 unspecified atom stereocenters. The summed E-state index contributed by atoms with van der Waals surface area (Å²) in [5.74, 6) is -1.07. The summed E-state index contributed by atoms with van der Waals surface area (Å²) < 4.78 is 0. The summed E-state index contributed by atoms with van der Waals surface area (Å²) in [6, 6.07) is 24.6. The quantitative estimate of drug-likeness (QED) is 0.669. The molecule has 2 nitrogen and oxygen atoms in total. The van der Waals surface area contributed by atoms with Crippen molar-refractivity contribution in [3.8, 4) is 0 Å². The van der Waals surface area contributed by atoms with Crippen LogP contribution in [0.25, 0.3) is 0 Å². The number of rotatable bonds is 4. The van der Waals surface area contributed by atoms with E-state index < -0.39 is 5.97 Å². The molecular weight excluding hydrogens is 308 g/mol. The summed E-state index contributed by atoms with van der Waals surface area (Å²) in [6.45, 7) is 0. The first-order chi connectivity index (χ1) is 11.2. The van der Waals surface area contributed by atoms with Gasteiger partial charge in [0.15, 0.2) is 0 Å². The van der Waals surface area contributed by atoms with Crippen molar-refractivity contribution in [3.63, 3.8) is 0 Å². The predicted octanol–water partition coefficient (Wildman–Crippen LogP) is 5.22. The largest absolute Gasteiger partial charge is 0.478 e. The Bertz CT molecular complexity index is 811. The van der Waals surface area contributed by atoms with Gasteiger partial charge in [0, 0.05) is 10.9 Å². The number of hydrogen-bond acceptors (Lipinski definition) is 1. The average Bonchev–Trinajstić information content (AvgIpc) is 2.58. The van der Waals surface area contributed by atoms with E-state index in [9.17, 15) is 9.90 Å². The van der Waals surface area contributed by atoms with Gasteiger partial charge < -0.3 is 5.11 Å². The minimum atomic E-state index is -0.921. The first-order valence-electron chi connectivity index (χ1n) is 7.29. The number of benzene rings is 3. The van der Waals surface area contributed by atoms with Crippen molar-refractivity contribution < 1.29 is 9.90 Å². The Hall–Kier alpha value is -2.58. The fourth-order valence-corrected chi connectivity index (χ4v) is 2.92. The Kier molecular flexibility index (Phi) is 4.45. The van der Waals surface area contributed by atoms with Crippen LogP contribution in [0.15, 0.2) is 78.9 Å². The highest BCUT2D eigenvalue weighted by Gasteiger charge is 2.21. The van der Waals surface area contributed by atoms with Gasteiger partial charge in [0.25, 0.3) is 0 Å². The molecule has 0 radical (unpaired) electrons. The molecule has 0 aliphatic carbocycles. The molecule has 0 bridgehead atoms. The van der Waals surface area contributed by atoms with E-state index >= 15 is 0 Å². The summed E-state index contributed by atoms with van der Waals surface area (Å²) >= 11 is 6.00. The molecule has 0 saturated carbocycles. The topological polar surface area (TPSA) is 37.3 Å². The van der Waals surface area contributed by atoms with E-state index in [-0.39, 0.29) is 5.92 Å². The highest BCUT2D eigenvalue weighted by Crippen LogP contribution is 2.34. The van der Waals surface area contributed by atoms with Gasteiger partial charge in [-0.15, -0.1) is 0 Å². The van der Waals surface area contributed by atoms with Crippen molar-refractivity contribution in [1.29, 1.82) is 0 Å². The SMILES string of the molecule is O=C(O)c1ccccc1C(c1ccccc1)c1ccc(Cl)cc1. The third-order valence-electron chi connectivity index (χ3n) is 3.84. The molecule has 3 aromatic carbocycles. The smallest absolute Gasteiger partial charge is 0.335 e. The molecule has 0 aromatic heterocycles. The highest BCUT2D eigenvalue weighted by molar-refractivity contribution is 6.30. The summed E-state index contributed by atoms with van der Waals surface area (Å²) in [6.07, 6.45) is 0. The fraction of sp³-hybridized carbons (Fsp3) is 0.0500. The summed E-state index contributed by atoms with van der Waals surface area (Å²) in [4.78, 5) is 11.6. The Morgan fingerprint density at radius 1 is 0.783 bits per heavy atom. The van der Waals surface area contributed by atoms with Gasteiger partial charge in [0.05, 0.1) is 5.56 Å². The number of carboxylic acid groups (broad SMARTS) is 1. The zero-order chi connectivity index (χ0) is 16.2. The van der Waals surface area contributed by atoms with Gasteiger partial charge in [-0.2, -0.15) is 0 Å². The van der Waals surface area contributed by atoms with Crippen molar-refractivity contribution >= 4 is 17.6 Å². The van der Waals surface area contributed by atoms with Crippen LogP contribution in [0, 0.1) is 0 Å². The number of carbonyl (C=O) groups is 1. The van der Waals surface area contributed by atoms with Gasteiger partial charge in [-0.1, -0.05) is 72.3 Å². The molecule has 0 amide bonds. The zero-order valence-electron chi connectivity index (χ0n) is 12.3. The molecule has 1 atom stereocenters. The summed E-state index contributed by atoms with van der Waals surface area (Å²) in [7, 11) is 0. The number of hydrogen-bond donors (Lipinski definition) is 1. The van der Waals surface area contributed by atoms with E-state index in [0.717, 1.165) is 16.7 Å². The van der Waals surface area contributed by atoms with Crippen LogP contribution in [0.2, 0.25) is 5.02 Å². The fourth-order valence-electron chi connectivity index (χ4n) is 2.80. The molecule has 3 rings (SSSR count). The Morgan fingerprint density at radius 3 is 2.00 bits per heavy atom. The minimum Gasteiger partial charge on any atom is -0.478 e. The van der Waals surface area contributed by atoms with Crippen molar-refractivity contribution in [1.82, 2.24) is 0 Å². The molecular formula is C20H15ClO2. The molecule has 3 aromatic rings. The van der Waals surface area contributed by atoms with Gasteiger partial charge in [-0.3, -0.25) is 0 Å². The van der Waals surface area contributed by atoms with Gasteiger partial charge in [0.1, 0.15) is 0 Å². The van der Waals surface area contributed by atoms with E-state index in [0.29, 0.717) is 10.6 Å². The first kappa shape index (κ1) is 15.3. The second kappa shape index (κ2) is 6.67. The minimum absolute atomic E-state index is 0.152. The summed E-state index contributed by atoms with van der Waals surface area (Å²) in [5, 5.41) is 10.2. The first-order valence-corrected chi connectivity index (χ1v) is 7.67. The normalized spacial score (nSPS) is 11.9. The second-order valence-corrected chi connectivity index (χ2v) is 5.72. The molecule has 114 valence electrons. The number of carboxylic acids is 1. The lowest BCUT2D eigenvalue weighted by Gasteiger charge is -2.20. The van der Waals surface area contributed by atoms with E-state index in [4.69, 9.17) is 11.6 Å². The molecule has 0 spiro atoms. The third-order valence-corrected chi connectivity index (χ3v) is 4.09. The van der Waals surface area contributed by atoms with Crippen LogP contribution in [0.4, 0.5) is 0 Å². The average molecular weight is 323 g/mol. The maximum absolute atomic E-state index is 11.6. The maximum Gasteiger partial charge on any atom is 0.335 e. The molecule has 23 heavy (non-hydrogen) atoms. The van der Waals surface area contributed by atoms with Crippen molar-refractivity contribution in [2.24, 2.45) is 0 Å². The lowest BCUT2D eigenvalue weighted by molar-refractivity contribution is 0.0695. The van der Waals surface area contributed by atoms with Crippen molar-refractivity contribution in [2.75, 3.05) is 0 Å². The van der Waals surface area contributed by atoms with Crippen LogP contribution < -0.4 is 0 Å². The molecule has 1 N–H and O–H groups in total. The Morgan fingerprint density at radius 2 is 1.35 bits per heavy atom. The van der Waals surface area contributed by atoms with Gasteiger partial charge >= 0.3 is 5.97 Å². The zero-order valence-corrected chi connectivity index (χ0v) is 13.1. The van der Waals surface area contributed by atoms with Crippen LogP contribution in [-0.4, -0.2) is 11.1 Å². The second-order valence-electron chi connectivity index (χ2n) is 5.29. The lowest BCUT2D eigenvalue weighted by Crippen LogP contribution is -2.10. The van der Waals surface area contributed by atoms with E-state index in [1.165, 1.54) is 0 Å². The van der Waals surface area contributed by atoms with Crippen molar-refractivity contribution in [3.05, 3.63) is 106 Å². The predicted molar refractivity (Wildman–Crippen MR) is 92.2 cm³/mol. The maximum atomic E-state index is 11.6. The monoisotopic (exact) mass is 322 g/mol. The molecule has 0 aliphatic heterocycles. The van der Waals surface area contributed by atoms with E-state index in [1.54, 1.807) is 12.1 Å².